The van der Waals surface area contributed by atoms with Crippen LogP contribution in [0.4, 0.5) is 0 Å². The quantitative estimate of drug-likeness (QED) is 0.706. The fraction of sp³-hybridized carbons (Fsp3) is 1.00. The van der Waals surface area contributed by atoms with E-state index in [0.29, 0.717) is 10.8 Å². The van der Waals surface area contributed by atoms with Gasteiger partial charge in [-0.15, -0.1) is 0 Å². The molecular weight excluding hydrogens is 174 g/mol. The third-order valence-electron chi connectivity index (χ3n) is 4.47. The second kappa shape index (κ2) is 3.49. The minimum atomic E-state index is 0.491. The highest BCUT2D eigenvalue weighted by molar-refractivity contribution is 5.00. The molecule has 0 aromatic rings. The molecule has 2 aliphatic rings. The Bertz CT molecular complexity index is 198. The summed E-state index contributed by atoms with van der Waals surface area (Å²) in [6.07, 6.45) is 8.21. The second-order valence-electron chi connectivity index (χ2n) is 6.11. The number of nitrogens with two attached hydrogens (primary N) is 1. The van der Waals surface area contributed by atoms with Gasteiger partial charge in [-0.05, 0) is 55.3 Å². The zero-order valence-electron chi connectivity index (χ0n) is 9.51. The summed E-state index contributed by atoms with van der Waals surface area (Å²) < 4.78 is 0. The van der Waals surface area contributed by atoms with Crippen molar-refractivity contribution in [1.82, 2.24) is 0 Å². The molecular formula is C12H23NO. The Labute approximate surface area is 87.1 Å². The normalized spacial score (nSPS) is 30.2. The number of hydrogen-bond donors (Lipinski definition) is 1. The zero-order valence-corrected chi connectivity index (χ0v) is 9.51. The van der Waals surface area contributed by atoms with Gasteiger partial charge in [-0.1, -0.05) is 13.8 Å². The van der Waals surface area contributed by atoms with Gasteiger partial charge in [-0.25, -0.2) is 5.90 Å². The van der Waals surface area contributed by atoms with Crippen LogP contribution >= 0.6 is 0 Å². The first-order valence-corrected chi connectivity index (χ1v) is 5.90. The first-order valence-electron chi connectivity index (χ1n) is 5.90. The molecule has 2 saturated carbocycles. The van der Waals surface area contributed by atoms with E-state index < -0.39 is 0 Å². The Hall–Kier alpha value is -0.0800. The van der Waals surface area contributed by atoms with Crippen molar-refractivity contribution < 1.29 is 4.84 Å². The predicted molar refractivity (Wildman–Crippen MR) is 57.5 cm³/mol. The number of hydrogen-bond acceptors (Lipinski definition) is 2. The predicted octanol–water partition coefficient (Wildman–Crippen LogP) is 2.87. The third-order valence-corrected chi connectivity index (χ3v) is 4.47. The fourth-order valence-electron chi connectivity index (χ4n) is 3.01. The van der Waals surface area contributed by atoms with Crippen LogP contribution in [-0.4, -0.2) is 6.61 Å². The molecule has 2 fully saturated rings. The molecule has 0 bridgehead atoms. The molecule has 2 rings (SSSR count). The lowest BCUT2D eigenvalue weighted by atomic mass is 9.68. The molecule has 14 heavy (non-hydrogen) atoms. The molecule has 82 valence electrons. The van der Waals surface area contributed by atoms with Gasteiger partial charge in [0.05, 0.1) is 6.61 Å². The van der Waals surface area contributed by atoms with E-state index >= 15 is 0 Å². The minimum absolute atomic E-state index is 0.491. The maximum absolute atomic E-state index is 5.21. The summed E-state index contributed by atoms with van der Waals surface area (Å²) >= 11 is 0. The molecule has 0 atom stereocenters. The van der Waals surface area contributed by atoms with Crippen LogP contribution < -0.4 is 5.90 Å². The highest BCUT2D eigenvalue weighted by atomic mass is 16.6. The van der Waals surface area contributed by atoms with Crippen molar-refractivity contribution in [1.29, 1.82) is 0 Å². The summed E-state index contributed by atoms with van der Waals surface area (Å²) in [5, 5.41) is 0. The SMILES string of the molecule is CC1(C)CCC(C2(CON)CC2)CC1. The van der Waals surface area contributed by atoms with Crippen LogP contribution in [0.15, 0.2) is 0 Å². The van der Waals surface area contributed by atoms with E-state index in [1.54, 1.807) is 0 Å². The Kier molecular flexibility index (Phi) is 2.61. The zero-order chi connectivity index (χ0) is 10.2. The van der Waals surface area contributed by atoms with Gasteiger partial charge in [-0.2, -0.15) is 0 Å². The number of rotatable bonds is 3. The van der Waals surface area contributed by atoms with Gasteiger partial charge in [0.1, 0.15) is 0 Å². The molecule has 2 aliphatic carbocycles. The standard InChI is InChI=1S/C12H23NO/c1-11(2)5-3-10(4-6-11)12(7-8-12)9-14-13/h10H,3-9,13H2,1-2H3. The lowest BCUT2D eigenvalue weighted by molar-refractivity contribution is 0.0393. The van der Waals surface area contributed by atoms with Gasteiger partial charge in [0.25, 0.3) is 0 Å². The monoisotopic (exact) mass is 197 g/mol. The molecule has 2 N–H and O–H groups in total. The van der Waals surface area contributed by atoms with Crippen LogP contribution in [0.25, 0.3) is 0 Å². The van der Waals surface area contributed by atoms with Crippen molar-refractivity contribution in [2.24, 2.45) is 22.6 Å². The summed E-state index contributed by atoms with van der Waals surface area (Å²) in [4.78, 5) is 4.87. The Morgan fingerprint density at radius 2 is 1.71 bits per heavy atom. The lowest BCUT2D eigenvalue weighted by Crippen LogP contribution is -2.30. The van der Waals surface area contributed by atoms with Gasteiger partial charge in [-0.3, -0.25) is 0 Å². The van der Waals surface area contributed by atoms with Crippen molar-refractivity contribution in [3.05, 3.63) is 0 Å². The molecule has 0 radical (unpaired) electrons. The molecule has 2 nitrogen and oxygen atoms in total. The molecule has 0 aliphatic heterocycles. The van der Waals surface area contributed by atoms with E-state index in [1.807, 2.05) is 0 Å². The largest absolute Gasteiger partial charge is 0.304 e. The maximum Gasteiger partial charge on any atom is 0.0738 e. The van der Waals surface area contributed by atoms with Crippen LogP contribution in [0.3, 0.4) is 0 Å². The van der Waals surface area contributed by atoms with Gasteiger partial charge in [0.2, 0.25) is 0 Å². The van der Waals surface area contributed by atoms with Crippen LogP contribution in [0.5, 0.6) is 0 Å². The maximum atomic E-state index is 5.21. The molecule has 0 aromatic carbocycles. The van der Waals surface area contributed by atoms with Gasteiger partial charge in [0.15, 0.2) is 0 Å². The highest BCUT2D eigenvalue weighted by Gasteiger charge is 2.50. The molecule has 0 saturated heterocycles. The van der Waals surface area contributed by atoms with E-state index in [9.17, 15) is 0 Å². The summed E-state index contributed by atoms with van der Waals surface area (Å²) in [5.74, 6) is 6.10. The molecule has 0 unspecified atom stereocenters. The third kappa shape index (κ3) is 1.96. The Morgan fingerprint density at radius 3 is 2.14 bits per heavy atom. The first kappa shape index (κ1) is 10.4. The van der Waals surface area contributed by atoms with Crippen LogP contribution in [0.2, 0.25) is 0 Å². The van der Waals surface area contributed by atoms with Crippen molar-refractivity contribution in [3.63, 3.8) is 0 Å². The topological polar surface area (TPSA) is 35.2 Å². The Balaban J connectivity index is 1.89. The second-order valence-corrected chi connectivity index (χ2v) is 6.11. The van der Waals surface area contributed by atoms with Gasteiger partial charge < -0.3 is 4.84 Å². The van der Waals surface area contributed by atoms with Crippen LogP contribution in [0, 0.1) is 16.7 Å². The van der Waals surface area contributed by atoms with Gasteiger partial charge in [0, 0.05) is 0 Å². The summed E-state index contributed by atoms with van der Waals surface area (Å²) in [6, 6.07) is 0. The van der Waals surface area contributed by atoms with Crippen molar-refractivity contribution in [2.75, 3.05) is 6.61 Å². The van der Waals surface area contributed by atoms with Crippen molar-refractivity contribution in [2.45, 2.75) is 52.4 Å². The van der Waals surface area contributed by atoms with Crippen molar-refractivity contribution in [3.8, 4) is 0 Å². The molecule has 0 spiro atoms. The minimum Gasteiger partial charge on any atom is -0.304 e. The smallest absolute Gasteiger partial charge is 0.0738 e. The van der Waals surface area contributed by atoms with E-state index in [4.69, 9.17) is 10.7 Å². The van der Waals surface area contributed by atoms with E-state index in [1.165, 1.54) is 38.5 Å². The van der Waals surface area contributed by atoms with E-state index in [0.717, 1.165) is 12.5 Å². The summed E-state index contributed by atoms with van der Waals surface area (Å²) in [5.41, 5.74) is 1.07. The average Bonchev–Trinajstić information content (AvgIpc) is 2.86. The summed E-state index contributed by atoms with van der Waals surface area (Å²) in [7, 11) is 0. The first-order chi connectivity index (χ1) is 6.58. The molecule has 0 heterocycles. The average molecular weight is 197 g/mol. The summed E-state index contributed by atoms with van der Waals surface area (Å²) in [6.45, 7) is 5.57. The van der Waals surface area contributed by atoms with Crippen LogP contribution in [-0.2, 0) is 4.84 Å². The highest BCUT2D eigenvalue weighted by Crippen LogP contribution is 2.58. The van der Waals surface area contributed by atoms with Crippen LogP contribution in [0.1, 0.15) is 52.4 Å². The van der Waals surface area contributed by atoms with E-state index in [2.05, 4.69) is 13.8 Å². The van der Waals surface area contributed by atoms with Gasteiger partial charge >= 0.3 is 0 Å². The van der Waals surface area contributed by atoms with Crippen molar-refractivity contribution >= 4 is 0 Å². The Morgan fingerprint density at radius 1 is 1.14 bits per heavy atom. The fourth-order valence-corrected chi connectivity index (χ4v) is 3.01. The molecule has 0 aromatic heterocycles. The van der Waals surface area contributed by atoms with E-state index in [-0.39, 0.29) is 0 Å². The molecule has 2 heteroatoms. The molecule has 0 amide bonds. The lowest BCUT2D eigenvalue weighted by Gasteiger charge is -2.38.